The maximum absolute atomic E-state index is 14.1. The molecule has 0 aromatic heterocycles. The molecule has 1 unspecified atom stereocenters. The van der Waals surface area contributed by atoms with Crippen molar-refractivity contribution in [2.45, 2.75) is 180 Å². The summed E-state index contributed by atoms with van der Waals surface area (Å²) >= 11 is 0. The highest BCUT2D eigenvalue weighted by Crippen LogP contribution is 2.66. The van der Waals surface area contributed by atoms with E-state index in [1.165, 1.54) is 5.56 Å². The molecular formula is C54H81BN6O8. The molecule has 5 aliphatic rings. The number of carbonyl (C=O) groups excluding carboxylic acids is 6. The molecule has 2 saturated heterocycles. The fraction of sp³-hybridized carbons (Fsp3) is 0.667. The van der Waals surface area contributed by atoms with E-state index in [0.29, 0.717) is 88.4 Å². The van der Waals surface area contributed by atoms with Crippen molar-refractivity contribution in [2.24, 2.45) is 34.6 Å². The number of unbranched alkanes of at least 4 members (excludes halogenated alkanes) is 3. The van der Waals surface area contributed by atoms with Crippen LogP contribution in [0.3, 0.4) is 0 Å². The van der Waals surface area contributed by atoms with Gasteiger partial charge < -0.3 is 41.6 Å². The minimum Gasteiger partial charge on any atom is -0.405 e. The van der Waals surface area contributed by atoms with Crippen molar-refractivity contribution in [1.29, 1.82) is 0 Å². The van der Waals surface area contributed by atoms with E-state index < -0.39 is 43.0 Å². The molecule has 69 heavy (non-hydrogen) atoms. The van der Waals surface area contributed by atoms with Crippen LogP contribution in [0.4, 0.5) is 0 Å². The van der Waals surface area contributed by atoms with Crippen LogP contribution in [0.5, 0.6) is 0 Å². The molecule has 2 bridgehead atoms. The number of likely N-dealkylation sites (tertiary alicyclic amines) is 1. The fourth-order valence-electron chi connectivity index (χ4n) is 11.4. The number of carbonyl (C=O) groups is 6. The Kier molecular flexibility index (Phi) is 19.2. The highest BCUT2D eigenvalue weighted by molar-refractivity contribution is 6.47. The first kappa shape index (κ1) is 53.9. The molecule has 0 radical (unpaired) electrons. The normalized spacial score (nSPS) is 24.1. The number of Topliss-reactive ketones (excluding diaryl/α,β-unsaturated/α-hetero) is 2. The van der Waals surface area contributed by atoms with Crippen LogP contribution in [0.15, 0.2) is 48.5 Å². The van der Waals surface area contributed by atoms with Crippen LogP contribution in [0.2, 0.25) is 5.82 Å². The molecule has 2 heterocycles. The zero-order valence-electron chi connectivity index (χ0n) is 42.3. The predicted octanol–water partition coefficient (Wildman–Crippen LogP) is 6.71. The van der Waals surface area contributed by atoms with Gasteiger partial charge in [-0.15, -0.1) is 0 Å². The second-order valence-corrected chi connectivity index (χ2v) is 21.4. The topological polar surface area (TPSA) is 212 Å². The largest absolute Gasteiger partial charge is 0.461 e. The van der Waals surface area contributed by atoms with Gasteiger partial charge in [0.15, 0.2) is 11.6 Å². The molecule has 5 fully saturated rings. The highest BCUT2D eigenvalue weighted by atomic mass is 16.7. The third-order valence-corrected chi connectivity index (χ3v) is 15.9. The van der Waals surface area contributed by atoms with E-state index in [-0.39, 0.29) is 72.1 Å². The lowest BCUT2D eigenvalue weighted by Gasteiger charge is -2.64. The Balaban J connectivity index is 0.982. The summed E-state index contributed by atoms with van der Waals surface area (Å²) in [5.41, 5.74) is 15.2. The molecule has 4 amide bonds. The molecule has 3 aliphatic carbocycles. The van der Waals surface area contributed by atoms with Crippen molar-refractivity contribution in [3.63, 3.8) is 0 Å². The molecule has 15 heteroatoms. The molecule has 378 valence electrons. The Bertz CT molecular complexity index is 2080. The van der Waals surface area contributed by atoms with Crippen LogP contribution in [0.1, 0.15) is 154 Å². The van der Waals surface area contributed by atoms with E-state index in [9.17, 15) is 28.8 Å². The Morgan fingerprint density at radius 3 is 2.12 bits per heavy atom. The molecule has 2 aliphatic heterocycles. The second kappa shape index (κ2) is 24.6. The van der Waals surface area contributed by atoms with Gasteiger partial charge in [0.2, 0.25) is 17.7 Å². The van der Waals surface area contributed by atoms with E-state index in [2.05, 4.69) is 67.9 Å². The number of rotatable bonds is 27. The average Bonchev–Trinajstić information content (AvgIpc) is 3.98. The molecule has 2 aromatic rings. The molecule has 14 nitrogen and oxygen atoms in total. The number of nitrogens with one attached hydrogen (secondary N) is 3. The summed E-state index contributed by atoms with van der Waals surface area (Å²) in [6, 6.07) is 13.5. The van der Waals surface area contributed by atoms with Crippen LogP contribution in [-0.4, -0.2) is 103 Å². The first-order valence-electron chi connectivity index (χ1n) is 26.2. The predicted molar refractivity (Wildman–Crippen MR) is 270 cm³/mol. The van der Waals surface area contributed by atoms with Gasteiger partial charge in [0.1, 0.15) is 6.04 Å². The number of hydrogen-bond donors (Lipinski definition) is 5. The van der Waals surface area contributed by atoms with Crippen molar-refractivity contribution in [3.8, 4) is 11.1 Å². The smallest absolute Gasteiger partial charge is 0.405 e. The van der Waals surface area contributed by atoms with Gasteiger partial charge in [0.25, 0.3) is 5.91 Å². The van der Waals surface area contributed by atoms with Gasteiger partial charge in [0, 0.05) is 43.8 Å². The molecular weight excluding hydrogens is 871 g/mol. The van der Waals surface area contributed by atoms with Gasteiger partial charge >= 0.3 is 7.12 Å². The van der Waals surface area contributed by atoms with E-state index in [0.717, 1.165) is 43.2 Å². The third-order valence-electron chi connectivity index (χ3n) is 15.9. The van der Waals surface area contributed by atoms with Gasteiger partial charge in [-0.2, -0.15) is 0 Å². The third kappa shape index (κ3) is 13.3. The summed E-state index contributed by atoms with van der Waals surface area (Å²) in [6.45, 7) is 13.9. The van der Waals surface area contributed by atoms with Gasteiger partial charge in [-0.05, 0) is 149 Å². The molecule has 3 saturated carbocycles. The maximum atomic E-state index is 14.1. The van der Waals surface area contributed by atoms with E-state index in [1.54, 1.807) is 24.0 Å². The lowest BCUT2D eigenvalue weighted by molar-refractivity contribution is -0.199. The Labute approximate surface area is 411 Å². The van der Waals surface area contributed by atoms with E-state index in [4.69, 9.17) is 20.8 Å². The molecule has 2 aromatic carbocycles. The summed E-state index contributed by atoms with van der Waals surface area (Å²) < 4.78 is 13.1. The lowest BCUT2D eigenvalue weighted by atomic mass is 9.43. The van der Waals surface area contributed by atoms with Gasteiger partial charge in [-0.25, -0.2) is 0 Å². The van der Waals surface area contributed by atoms with E-state index >= 15 is 0 Å². The maximum Gasteiger partial charge on any atom is 0.461 e. The second-order valence-electron chi connectivity index (χ2n) is 21.4. The quantitative estimate of drug-likeness (QED) is 0.0472. The van der Waals surface area contributed by atoms with Crippen molar-refractivity contribution in [2.75, 3.05) is 26.2 Å². The summed E-state index contributed by atoms with van der Waals surface area (Å²) in [6.07, 6.45) is 9.92. The highest BCUT2D eigenvalue weighted by Gasteiger charge is 2.68. The van der Waals surface area contributed by atoms with Crippen LogP contribution in [-0.2, 0) is 39.7 Å². The van der Waals surface area contributed by atoms with Crippen LogP contribution in [0.25, 0.3) is 11.1 Å². The number of ketones is 2. The minimum atomic E-state index is -0.880. The van der Waals surface area contributed by atoms with Crippen LogP contribution in [0, 0.1) is 23.2 Å². The van der Waals surface area contributed by atoms with Crippen molar-refractivity contribution >= 4 is 42.3 Å². The SMILES string of the molecule is CCCCc1ccc(-c2ccc(C(=O)NCCC(=O)N[C@@H](CCCCN)C(=O)N3CCC[C@H]3C(=O)C[C@@H](C)C(=O)N[C@@H](CCCCN)C(=O)C[C@@H](C)B3OC4C[C@@H]5C[C@@H](C5(C)C)[C@]4(C)O3)cc2)cc1. The Morgan fingerprint density at radius 2 is 1.48 bits per heavy atom. The zero-order valence-corrected chi connectivity index (χ0v) is 42.3. The molecule has 9 atom stereocenters. The summed E-state index contributed by atoms with van der Waals surface area (Å²) in [5, 5.41) is 8.67. The molecule has 7 rings (SSSR count). The fourth-order valence-corrected chi connectivity index (χ4v) is 11.4. The lowest BCUT2D eigenvalue weighted by Crippen LogP contribution is -2.65. The van der Waals surface area contributed by atoms with Crippen molar-refractivity contribution < 1.29 is 38.1 Å². The number of hydrogen-bond acceptors (Lipinski definition) is 10. The van der Waals surface area contributed by atoms with Crippen molar-refractivity contribution in [1.82, 2.24) is 20.9 Å². The summed E-state index contributed by atoms with van der Waals surface area (Å²) in [5.74, 6) is -1.74. The Hall–Kier alpha value is -4.44. The zero-order chi connectivity index (χ0) is 49.9. The first-order valence-corrected chi connectivity index (χ1v) is 26.2. The summed E-state index contributed by atoms with van der Waals surface area (Å²) in [4.78, 5) is 83.6. The van der Waals surface area contributed by atoms with Crippen LogP contribution < -0.4 is 27.4 Å². The number of benzene rings is 2. The number of aryl methyl sites for hydroxylation is 1. The number of nitrogens with two attached hydrogens (primary N) is 2. The summed E-state index contributed by atoms with van der Waals surface area (Å²) in [7, 11) is -0.506. The van der Waals surface area contributed by atoms with Crippen molar-refractivity contribution in [3.05, 3.63) is 59.7 Å². The molecule has 0 spiro atoms. The van der Waals surface area contributed by atoms with Gasteiger partial charge in [0.05, 0.1) is 23.8 Å². The molecule has 7 N–H and O–H groups in total. The van der Waals surface area contributed by atoms with Gasteiger partial charge in [-0.3, -0.25) is 28.8 Å². The van der Waals surface area contributed by atoms with Gasteiger partial charge in [-0.1, -0.05) is 77.4 Å². The standard InChI is InChI=1S/C54H81BN6O8/c1-7-8-14-37-18-20-38(21-19-37)39-22-24-40(25-23-39)51(66)58-29-26-49(64)59-43(16-10-12-28-57)52(67)61-30-13-17-44(61)46(63)31-35(2)50(65)60-42(15-9-11-27-56)45(62)32-36(3)55-68-48-34-41-33-47(53(41,4)5)54(48,6)69-55/h18-25,35-36,41-44,47-48H,7-17,26-34,56-57H2,1-6H3,(H,58,66)(H,59,64)(H,60,65)/t35-,36-,41+,42+,43+,44+,47+,48?,54+/m1/s1. The monoisotopic (exact) mass is 953 g/mol. The number of amides is 4. The Morgan fingerprint density at radius 1 is 0.826 bits per heavy atom. The average molecular weight is 953 g/mol. The van der Waals surface area contributed by atoms with Crippen LogP contribution >= 0.6 is 0 Å². The number of nitrogens with zero attached hydrogens (tertiary/aromatic N) is 1. The minimum absolute atomic E-state index is 0.00747. The van der Waals surface area contributed by atoms with E-state index in [1.807, 2.05) is 19.1 Å². The first-order chi connectivity index (χ1) is 33.0.